The molecular formula is C27H28N2O4S. The van der Waals surface area contributed by atoms with E-state index >= 15 is 0 Å². The normalized spacial score (nSPS) is 22.1. The molecule has 0 saturated heterocycles. The van der Waals surface area contributed by atoms with Crippen LogP contribution in [0.25, 0.3) is 11.3 Å². The predicted molar refractivity (Wildman–Crippen MR) is 132 cm³/mol. The Morgan fingerprint density at radius 2 is 1.76 bits per heavy atom. The number of thiazole rings is 1. The summed E-state index contributed by atoms with van der Waals surface area (Å²) in [5.41, 5.74) is 4.02. The van der Waals surface area contributed by atoms with E-state index in [1.807, 2.05) is 74.7 Å². The monoisotopic (exact) mass is 476 g/mol. The Hall–Kier alpha value is -3.45. The molecule has 1 N–H and O–H groups in total. The van der Waals surface area contributed by atoms with Crippen molar-refractivity contribution >= 4 is 23.3 Å². The van der Waals surface area contributed by atoms with Crippen LogP contribution in [-0.4, -0.2) is 31.1 Å². The highest BCUT2D eigenvalue weighted by atomic mass is 32.1. The van der Waals surface area contributed by atoms with Crippen molar-refractivity contribution in [2.24, 2.45) is 5.92 Å². The summed E-state index contributed by atoms with van der Waals surface area (Å²) in [6.07, 6.45) is 0. The maximum atomic E-state index is 13.4. The molecule has 2 aromatic carbocycles. The van der Waals surface area contributed by atoms with Crippen LogP contribution in [0.5, 0.6) is 0 Å². The number of methoxy groups -OCH3 is 2. The first-order valence-corrected chi connectivity index (χ1v) is 11.9. The van der Waals surface area contributed by atoms with E-state index in [4.69, 9.17) is 14.5 Å². The minimum absolute atomic E-state index is 0.386. The highest BCUT2D eigenvalue weighted by molar-refractivity contribution is 7.10. The molecule has 3 unspecified atom stereocenters. The molecule has 1 aliphatic heterocycles. The summed E-state index contributed by atoms with van der Waals surface area (Å²) in [6.45, 7) is 5.83. The molecule has 0 aliphatic carbocycles. The SMILES string of the molecule is COC(=O)C1=C(C)NC(C)(c2ccccc2)C(C(=O)OC)C1c1nc(-c2cccc(C)c2)cs1. The van der Waals surface area contributed by atoms with Crippen LogP contribution >= 0.6 is 11.3 Å². The van der Waals surface area contributed by atoms with E-state index in [1.165, 1.54) is 25.6 Å². The van der Waals surface area contributed by atoms with Crippen molar-refractivity contribution in [3.63, 3.8) is 0 Å². The van der Waals surface area contributed by atoms with Crippen molar-refractivity contribution in [1.29, 1.82) is 0 Å². The quantitative estimate of drug-likeness (QED) is 0.525. The van der Waals surface area contributed by atoms with E-state index < -0.39 is 29.3 Å². The molecule has 1 aliphatic rings. The lowest BCUT2D eigenvalue weighted by Crippen LogP contribution is -2.55. The number of carbonyl (C=O) groups is 2. The van der Waals surface area contributed by atoms with Crippen molar-refractivity contribution < 1.29 is 19.1 Å². The van der Waals surface area contributed by atoms with Gasteiger partial charge < -0.3 is 14.8 Å². The molecule has 1 aromatic heterocycles. The number of carbonyl (C=O) groups excluding carboxylic acids is 2. The van der Waals surface area contributed by atoms with Crippen LogP contribution in [0.3, 0.4) is 0 Å². The van der Waals surface area contributed by atoms with Crippen LogP contribution < -0.4 is 5.32 Å². The molecule has 0 radical (unpaired) electrons. The molecule has 2 heterocycles. The lowest BCUT2D eigenvalue weighted by atomic mass is 9.67. The third-order valence-electron chi connectivity index (χ3n) is 6.45. The molecule has 4 rings (SSSR count). The molecule has 176 valence electrons. The number of allylic oxidation sites excluding steroid dienone is 1. The van der Waals surface area contributed by atoms with Crippen LogP contribution in [0, 0.1) is 12.8 Å². The lowest BCUT2D eigenvalue weighted by Gasteiger charge is -2.46. The first kappa shape index (κ1) is 23.7. The van der Waals surface area contributed by atoms with Crippen LogP contribution in [0.1, 0.15) is 35.9 Å². The van der Waals surface area contributed by atoms with Gasteiger partial charge in [0.1, 0.15) is 5.01 Å². The van der Waals surface area contributed by atoms with Crippen molar-refractivity contribution in [2.75, 3.05) is 14.2 Å². The Bertz CT molecular complexity index is 1250. The summed E-state index contributed by atoms with van der Waals surface area (Å²) in [5, 5.41) is 6.07. The lowest BCUT2D eigenvalue weighted by molar-refractivity contribution is -0.150. The number of nitrogens with zero attached hydrogens (tertiary/aromatic N) is 1. The number of aromatic nitrogens is 1. The fraction of sp³-hybridized carbons (Fsp3) is 0.296. The minimum Gasteiger partial charge on any atom is -0.469 e. The molecule has 0 amide bonds. The zero-order valence-electron chi connectivity index (χ0n) is 19.9. The number of ether oxygens (including phenoxy) is 2. The summed E-state index contributed by atoms with van der Waals surface area (Å²) in [5.74, 6) is -2.32. The van der Waals surface area contributed by atoms with Gasteiger partial charge in [-0.2, -0.15) is 0 Å². The number of hydrogen-bond donors (Lipinski definition) is 1. The Kier molecular flexibility index (Phi) is 6.57. The summed E-state index contributed by atoms with van der Waals surface area (Å²) < 4.78 is 10.4. The molecule has 3 aromatic rings. The maximum Gasteiger partial charge on any atom is 0.336 e. The second kappa shape index (κ2) is 9.43. The van der Waals surface area contributed by atoms with Gasteiger partial charge in [0.2, 0.25) is 0 Å². The van der Waals surface area contributed by atoms with Crippen molar-refractivity contribution in [3.8, 4) is 11.3 Å². The Labute approximate surface area is 203 Å². The van der Waals surface area contributed by atoms with Gasteiger partial charge in [-0.15, -0.1) is 11.3 Å². The number of hydrogen-bond acceptors (Lipinski definition) is 7. The number of benzene rings is 2. The van der Waals surface area contributed by atoms with Gasteiger partial charge >= 0.3 is 11.9 Å². The third kappa shape index (κ3) is 4.12. The van der Waals surface area contributed by atoms with Gasteiger partial charge in [-0.05, 0) is 32.4 Å². The third-order valence-corrected chi connectivity index (χ3v) is 7.38. The van der Waals surface area contributed by atoms with Crippen molar-refractivity contribution in [3.05, 3.63) is 87.4 Å². The average molecular weight is 477 g/mol. The fourth-order valence-electron chi connectivity index (χ4n) is 4.83. The predicted octanol–water partition coefficient (Wildman–Crippen LogP) is 4.96. The zero-order valence-corrected chi connectivity index (χ0v) is 20.7. The average Bonchev–Trinajstić information content (AvgIpc) is 3.33. The summed E-state index contributed by atoms with van der Waals surface area (Å²) >= 11 is 1.43. The van der Waals surface area contributed by atoms with E-state index in [9.17, 15) is 9.59 Å². The van der Waals surface area contributed by atoms with E-state index in [1.54, 1.807) is 0 Å². The molecule has 0 spiro atoms. The van der Waals surface area contributed by atoms with Crippen LogP contribution in [0.2, 0.25) is 0 Å². The molecule has 0 fully saturated rings. The second-order valence-electron chi connectivity index (χ2n) is 8.64. The number of aryl methyl sites for hydroxylation is 1. The smallest absolute Gasteiger partial charge is 0.336 e. The van der Waals surface area contributed by atoms with Gasteiger partial charge in [-0.25, -0.2) is 9.78 Å². The summed E-state index contributed by atoms with van der Waals surface area (Å²) in [4.78, 5) is 31.3. The van der Waals surface area contributed by atoms with Gasteiger partial charge in [0.05, 0.1) is 42.9 Å². The molecule has 6 nitrogen and oxygen atoms in total. The highest BCUT2D eigenvalue weighted by Crippen LogP contribution is 2.49. The number of esters is 2. The van der Waals surface area contributed by atoms with Crippen molar-refractivity contribution in [2.45, 2.75) is 32.2 Å². The number of rotatable bonds is 5. The van der Waals surface area contributed by atoms with Crippen molar-refractivity contribution in [1.82, 2.24) is 10.3 Å². The molecule has 34 heavy (non-hydrogen) atoms. The van der Waals surface area contributed by atoms with Gasteiger partial charge in [-0.3, -0.25) is 4.79 Å². The first-order chi connectivity index (χ1) is 16.3. The minimum atomic E-state index is -0.838. The van der Waals surface area contributed by atoms with E-state index in [2.05, 4.69) is 11.4 Å². The van der Waals surface area contributed by atoms with E-state index in [-0.39, 0.29) is 0 Å². The molecular weight excluding hydrogens is 448 g/mol. The largest absolute Gasteiger partial charge is 0.469 e. The topological polar surface area (TPSA) is 77.5 Å². The maximum absolute atomic E-state index is 13.4. The molecule has 0 bridgehead atoms. The second-order valence-corrected chi connectivity index (χ2v) is 9.53. The van der Waals surface area contributed by atoms with Gasteiger partial charge in [-0.1, -0.05) is 54.1 Å². The van der Waals surface area contributed by atoms with Crippen LogP contribution in [0.4, 0.5) is 0 Å². The highest BCUT2D eigenvalue weighted by Gasteiger charge is 2.53. The fourth-order valence-corrected chi connectivity index (χ4v) is 5.80. The van der Waals surface area contributed by atoms with Gasteiger partial charge in [0.15, 0.2) is 0 Å². The molecule has 0 saturated carbocycles. The molecule has 7 heteroatoms. The van der Waals surface area contributed by atoms with Gasteiger partial charge in [0, 0.05) is 16.6 Å². The van der Waals surface area contributed by atoms with Crippen LogP contribution in [0.15, 0.2) is 71.2 Å². The van der Waals surface area contributed by atoms with E-state index in [0.29, 0.717) is 16.3 Å². The standard InChI is InChI=1S/C27H28N2O4S/c1-16-10-9-11-18(14-16)20-15-34-24(28-20)22-21(25(30)32-4)17(2)29-27(3,23(22)26(31)33-5)19-12-7-6-8-13-19/h6-15,22-23,29H,1-5H3. The Morgan fingerprint density at radius 3 is 2.41 bits per heavy atom. The van der Waals surface area contributed by atoms with E-state index in [0.717, 1.165) is 22.4 Å². The van der Waals surface area contributed by atoms with Gasteiger partial charge in [0.25, 0.3) is 0 Å². The Morgan fingerprint density at radius 1 is 1.03 bits per heavy atom. The van der Waals surface area contributed by atoms with Crippen LogP contribution in [-0.2, 0) is 24.6 Å². The molecule has 3 atom stereocenters. The summed E-state index contributed by atoms with van der Waals surface area (Å²) in [6, 6.07) is 17.8. The Balaban J connectivity index is 1.93. The number of nitrogens with one attached hydrogen (secondary N) is 1. The first-order valence-electron chi connectivity index (χ1n) is 11.0. The zero-order chi connectivity index (χ0) is 24.5. The summed E-state index contributed by atoms with van der Waals surface area (Å²) in [7, 11) is 2.71.